The van der Waals surface area contributed by atoms with Crippen LogP contribution >= 0.6 is 0 Å². The number of nitrogens with zero attached hydrogens (tertiary/aromatic N) is 6. The van der Waals surface area contributed by atoms with Crippen LogP contribution < -0.4 is 10.5 Å². The van der Waals surface area contributed by atoms with Gasteiger partial charge >= 0.3 is 0 Å². The maximum absolute atomic E-state index is 12.4. The van der Waals surface area contributed by atoms with Crippen LogP contribution in [0.2, 0.25) is 0 Å². The summed E-state index contributed by atoms with van der Waals surface area (Å²) in [6.07, 6.45) is 8.76. The lowest BCUT2D eigenvalue weighted by Gasteiger charge is -2.43. The lowest BCUT2D eigenvalue weighted by atomic mass is 9.79. The lowest BCUT2D eigenvalue weighted by Crippen LogP contribution is -2.55. The molecule has 9 heteroatoms. The van der Waals surface area contributed by atoms with Gasteiger partial charge < -0.3 is 15.4 Å². The third-order valence-electron chi connectivity index (χ3n) is 5.92. The highest BCUT2D eigenvalue weighted by molar-refractivity contribution is 5.80. The van der Waals surface area contributed by atoms with E-state index in [1.165, 1.54) is 6.20 Å². The van der Waals surface area contributed by atoms with Gasteiger partial charge in [0, 0.05) is 48.6 Å². The predicted molar refractivity (Wildman–Crippen MR) is 104 cm³/mol. The van der Waals surface area contributed by atoms with Crippen LogP contribution in [-0.4, -0.2) is 56.4 Å². The van der Waals surface area contributed by atoms with E-state index in [4.69, 9.17) is 10.5 Å². The number of hydrogen-bond acceptors (Lipinski definition) is 6. The van der Waals surface area contributed by atoms with Crippen molar-refractivity contribution in [1.82, 2.24) is 24.3 Å². The standard InChI is InChI=1S/C20H21N7O2/c1-29-18-4-13(8-27-19(18)14(5-21)6-24-27)15-7-23-26(9-15)17-10-25(11-17)20(28)12-2-16(22)3-12/h4,6-9,12,16-17H,2-3,10-11,22H2,1H3. The zero-order valence-corrected chi connectivity index (χ0v) is 16.0. The molecule has 0 unspecified atom stereocenters. The zero-order chi connectivity index (χ0) is 20.1. The first-order valence-corrected chi connectivity index (χ1v) is 9.61. The first kappa shape index (κ1) is 17.7. The second-order valence-electron chi connectivity index (χ2n) is 7.79. The number of nitrogens with two attached hydrogens (primary N) is 1. The van der Waals surface area contributed by atoms with Gasteiger partial charge in [0.1, 0.15) is 22.9 Å². The maximum Gasteiger partial charge on any atom is 0.225 e. The number of nitriles is 1. The van der Waals surface area contributed by atoms with Crippen LogP contribution in [0.4, 0.5) is 0 Å². The van der Waals surface area contributed by atoms with Crippen LogP contribution in [0.3, 0.4) is 0 Å². The Balaban J connectivity index is 1.33. The molecule has 2 N–H and O–H groups in total. The Morgan fingerprint density at radius 3 is 2.72 bits per heavy atom. The summed E-state index contributed by atoms with van der Waals surface area (Å²) in [6, 6.07) is 4.38. The minimum absolute atomic E-state index is 0.102. The van der Waals surface area contributed by atoms with E-state index in [1.54, 1.807) is 17.8 Å². The van der Waals surface area contributed by atoms with Gasteiger partial charge in [-0.25, -0.2) is 4.52 Å². The van der Waals surface area contributed by atoms with E-state index in [9.17, 15) is 10.1 Å². The summed E-state index contributed by atoms with van der Waals surface area (Å²) in [7, 11) is 1.58. The Kier molecular flexibility index (Phi) is 4.03. The molecule has 1 amide bonds. The van der Waals surface area contributed by atoms with E-state index >= 15 is 0 Å². The Labute approximate surface area is 167 Å². The summed E-state index contributed by atoms with van der Waals surface area (Å²) in [6.45, 7) is 1.36. The van der Waals surface area contributed by atoms with Crippen molar-refractivity contribution in [3.8, 4) is 22.9 Å². The van der Waals surface area contributed by atoms with Crippen LogP contribution in [0.5, 0.6) is 5.75 Å². The molecule has 1 saturated heterocycles. The second-order valence-corrected chi connectivity index (χ2v) is 7.79. The van der Waals surface area contributed by atoms with E-state index in [2.05, 4.69) is 16.3 Å². The number of amides is 1. The van der Waals surface area contributed by atoms with Gasteiger partial charge in [-0.3, -0.25) is 9.48 Å². The Morgan fingerprint density at radius 2 is 2.03 bits per heavy atom. The average Bonchev–Trinajstić information content (AvgIpc) is 3.30. The molecule has 0 bridgehead atoms. The molecule has 1 aliphatic carbocycles. The van der Waals surface area contributed by atoms with Gasteiger partial charge in [-0.2, -0.15) is 15.5 Å². The summed E-state index contributed by atoms with van der Waals surface area (Å²) in [4.78, 5) is 14.3. The molecule has 0 aromatic carbocycles. The molecule has 1 saturated carbocycles. The van der Waals surface area contributed by atoms with Gasteiger partial charge in [-0.05, 0) is 18.9 Å². The molecule has 0 atom stereocenters. The number of pyridine rings is 1. The number of likely N-dealkylation sites (tertiary alicyclic amines) is 1. The Morgan fingerprint density at radius 1 is 1.24 bits per heavy atom. The molecule has 1 aliphatic heterocycles. The first-order chi connectivity index (χ1) is 14.1. The van der Waals surface area contributed by atoms with E-state index in [0.717, 1.165) is 24.0 Å². The smallest absolute Gasteiger partial charge is 0.225 e. The largest absolute Gasteiger partial charge is 0.494 e. The van der Waals surface area contributed by atoms with Crippen molar-refractivity contribution in [3.63, 3.8) is 0 Å². The molecule has 9 nitrogen and oxygen atoms in total. The summed E-state index contributed by atoms with van der Waals surface area (Å²) in [5.41, 5.74) is 8.73. The number of hydrogen-bond donors (Lipinski definition) is 1. The van der Waals surface area contributed by atoms with E-state index < -0.39 is 0 Å². The van der Waals surface area contributed by atoms with Gasteiger partial charge in [0.05, 0.1) is 25.5 Å². The SMILES string of the molecule is COc1cc(-c2cnn(C3CN(C(=O)C4CC(N)C4)C3)c2)cn2ncc(C#N)c12. The van der Waals surface area contributed by atoms with Crippen molar-refractivity contribution in [2.45, 2.75) is 24.9 Å². The second kappa shape index (κ2) is 6.60. The van der Waals surface area contributed by atoms with Gasteiger partial charge in [0.2, 0.25) is 5.91 Å². The number of aromatic nitrogens is 4. The zero-order valence-electron chi connectivity index (χ0n) is 16.0. The van der Waals surface area contributed by atoms with E-state index in [-0.39, 0.29) is 23.9 Å². The van der Waals surface area contributed by atoms with Crippen LogP contribution in [0, 0.1) is 17.2 Å². The predicted octanol–water partition coefficient (Wildman–Crippen LogP) is 1.20. The Bertz CT molecular complexity index is 1130. The number of carbonyl (C=O) groups is 1. The van der Waals surface area contributed by atoms with Crippen LogP contribution in [0.25, 0.3) is 16.6 Å². The van der Waals surface area contributed by atoms with Crippen molar-refractivity contribution in [2.24, 2.45) is 11.7 Å². The monoisotopic (exact) mass is 391 g/mol. The van der Waals surface area contributed by atoms with Crippen LogP contribution in [0.15, 0.2) is 30.9 Å². The molecular formula is C20H21N7O2. The number of ether oxygens (including phenoxy) is 1. The van der Waals surface area contributed by atoms with Gasteiger partial charge in [-0.15, -0.1) is 0 Å². The van der Waals surface area contributed by atoms with E-state index in [0.29, 0.717) is 29.9 Å². The third-order valence-corrected chi connectivity index (χ3v) is 5.92. The summed E-state index contributed by atoms with van der Waals surface area (Å²) < 4.78 is 9.03. The van der Waals surface area contributed by atoms with Crippen molar-refractivity contribution in [3.05, 3.63) is 36.4 Å². The van der Waals surface area contributed by atoms with E-state index in [1.807, 2.05) is 28.0 Å². The van der Waals surface area contributed by atoms with Crippen LogP contribution in [0.1, 0.15) is 24.4 Å². The fourth-order valence-electron chi connectivity index (χ4n) is 4.09. The molecule has 5 rings (SSSR count). The normalized spacial score (nSPS) is 21.5. The van der Waals surface area contributed by atoms with Crippen molar-refractivity contribution < 1.29 is 9.53 Å². The number of carbonyl (C=O) groups excluding carboxylic acids is 1. The molecule has 4 heterocycles. The molecule has 3 aromatic heterocycles. The molecule has 29 heavy (non-hydrogen) atoms. The van der Waals surface area contributed by atoms with Gasteiger partial charge in [-0.1, -0.05) is 0 Å². The molecule has 148 valence electrons. The van der Waals surface area contributed by atoms with Gasteiger partial charge in [0.15, 0.2) is 0 Å². The van der Waals surface area contributed by atoms with Gasteiger partial charge in [0.25, 0.3) is 0 Å². The molecule has 2 fully saturated rings. The minimum atomic E-state index is 0.102. The summed E-state index contributed by atoms with van der Waals surface area (Å²) in [5.74, 6) is 0.909. The first-order valence-electron chi connectivity index (χ1n) is 9.61. The average molecular weight is 391 g/mol. The van der Waals surface area contributed by atoms with Crippen molar-refractivity contribution >= 4 is 11.4 Å². The fourth-order valence-corrected chi connectivity index (χ4v) is 4.09. The molecule has 0 spiro atoms. The maximum atomic E-state index is 12.4. The van der Waals surface area contributed by atoms with Crippen molar-refractivity contribution in [1.29, 1.82) is 5.26 Å². The highest BCUT2D eigenvalue weighted by atomic mass is 16.5. The quantitative estimate of drug-likeness (QED) is 0.715. The molecule has 3 aromatic rings. The highest BCUT2D eigenvalue weighted by Gasteiger charge is 2.40. The van der Waals surface area contributed by atoms with Crippen LogP contribution in [-0.2, 0) is 4.79 Å². The molecular weight excluding hydrogens is 370 g/mol. The topological polar surface area (TPSA) is 114 Å². The number of methoxy groups -OCH3 is 1. The fraction of sp³-hybridized carbons (Fsp3) is 0.400. The lowest BCUT2D eigenvalue weighted by molar-refractivity contribution is -0.144. The number of rotatable bonds is 4. The summed E-state index contributed by atoms with van der Waals surface area (Å²) >= 11 is 0. The van der Waals surface area contributed by atoms with Crippen molar-refractivity contribution in [2.75, 3.05) is 20.2 Å². The number of fused-ring (bicyclic) bond motifs is 1. The highest BCUT2D eigenvalue weighted by Crippen LogP contribution is 2.33. The third kappa shape index (κ3) is 2.84. The molecule has 2 aliphatic rings. The Hall–Kier alpha value is -3.38. The molecule has 0 radical (unpaired) electrons. The summed E-state index contributed by atoms with van der Waals surface area (Å²) in [5, 5.41) is 18.0. The minimum Gasteiger partial charge on any atom is -0.494 e.